The highest BCUT2D eigenvalue weighted by Gasteiger charge is 2.27. The van der Waals surface area contributed by atoms with Gasteiger partial charge in [0.2, 0.25) is 0 Å². The Morgan fingerprint density at radius 2 is 2.35 bits per heavy atom. The second kappa shape index (κ2) is 4.82. The van der Waals surface area contributed by atoms with Crippen LogP contribution in [0.2, 0.25) is 0 Å². The summed E-state index contributed by atoms with van der Waals surface area (Å²) >= 11 is 7.00. The van der Waals surface area contributed by atoms with E-state index < -0.39 is 0 Å². The lowest BCUT2D eigenvalue weighted by Crippen LogP contribution is -2.43. The van der Waals surface area contributed by atoms with Crippen LogP contribution in [0, 0.1) is 0 Å². The van der Waals surface area contributed by atoms with Crippen molar-refractivity contribution in [1.29, 1.82) is 0 Å². The molecule has 0 amide bonds. The molecule has 5 heteroatoms. The third kappa shape index (κ3) is 3.10. The Morgan fingerprint density at radius 1 is 1.59 bits per heavy atom. The molecule has 92 valence electrons. The van der Waals surface area contributed by atoms with Crippen LogP contribution in [0.15, 0.2) is 18.3 Å². The van der Waals surface area contributed by atoms with Gasteiger partial charge in [-0.1, -0.05) is 12.2 Å². The Bertz CT molecular complexity index is 432. The number of anilines is 1. The van der Waals surface area contributed by atoms with Gasteiger partial charge in [0.1, 0.15) is 10.8 Å². The molecule has 1 saturated heterocycles. The van der Waals surface area contributed by atoms with Crippen molar-refractivity contribution in [2.45, 2.75) is 18.6 Å². The predicted octanol–water partition coefficient (Wildman–Crippen LogP) is 2.05. The fraction of sp³-hybridized carbons (Fsp3) is 0.500. The molecule has 3 nitrogen and oxygen atoms in total. The molecule has 1 aliphatic rings. The Morgan fingerprint density at radius 3 is 3.00 bits per heavy atom. The van der Waals surface area contributed by atoms with Crippen molar-refractivity contribution in [3.8, 4) is 0 Å². The lowest BCUT2D eigenvalue weighted by molar-refractivity contribution is 0.642. The van der Waals surface area contributed by atoms with Crippen molar-refractivity contribution in [3.05, 3.63) is 23.9 Å². The summed E-state index contributed by atoms with van der Waals surface area (Å²) in [5.74, 6) is 2.11. The van der Waals surface area contributed by atoms with Gasteiger partial charge >= 0.3 is 0 Å². The Hall–Kier alpha value is -0.810. The molecular weight excluding hydrogens is 250 g/mol. The van der Waals surface area contributed by atoms with Gasteiger partial charge in [-0.15, -0.1) is 0 Å². The van der Waals surface area contributed by atoms with E-state index in [-0.39, 0.29) is 4.75 Å². The lowest BCUT2D eigenvalue weighted by atomic mass is 10.1. The van der Waals surface area contributed by atoms with Crippen molar-refractivity contribution in [2.24, 2.45) is 5.73 Å². The van der Waals surface area contributed by atoms with Crippen LogP contribution in [-0.2, 0) is 0 Å². The fourth-order valence-electron chi connectivity index (χ4n) is 1.96. The van der Waals surface area contributed by atoms with Crippen LogP contribution in [0.1, 0.15) is 19.4 Å². The first-order valence-corrected chi connectivity index (χ1v) is 7.02. The molecule has 0 bridgehead atoms. The zero-order valence-electron chi connectivity index (χ0n) is 10.1. The predicted molar refractivity (Wildman–Crippen MR) is 78.9 cm³/mol. The van der Waals surface area contributed by atoms with Gasteiger partial charge in [0.05, 0.1) is 0 Å². The van der Waals surface area contributed by atoms with Gasteiger partial charge < -0.3 is 10.6 Å². The first-order chi connectivity index (χ1) is 7.98. The van der Waals surface area contributed by atoms with Crippen molar-refractivity contribution in [2.75, 3.05) is 23.7 Å². The normalized spacial score (nSPS) is 19.1. The topological polar surface area (TPSA) is 42.1 Å². The van der Waals surface area contributed by atoms with Crippen LogP contribution in [-0.4, -0.2) is 33.6 Å². The SMILES string of the molecule is CC1(C)CN(c2cc(C(N)=S)ccn2)CCS1. The minimum Gasteiger partial charge on any atom is -0.389 e. The number of aromatic nitrogens is 1. The summed E-state index contributed by atoms with van der Waals surface area (Å²) in [5.41, 5.74) is 6.54. The third-order valence-corrected chi connectivity index (χ3v) is 4.31. The summed E-state index contributed by atoms with van der Waals surface area (Å²) in [6.07, 6.45) is 1.78. The van der Waals surface area contributed by atoms with E-state index in [9.17, 15) is 0 Å². The lowest BCUT2D eigenvalue weighted by Gasteiger charge is -2.38. The molecule has 0 aliphatic carbocycles. The van der Waals surface area contributed by atoms with E-state index in [0.717, 1.165) is 30.2 Å². The van der Waals surface area contributed by atoms with Gasteiger partial charge in [-0.05, 0) is 26.0 Å². The van der Waals surface area contributed by atoms with E-state index in [1.807, 2.05) is 23.9 Å². The maximum absolute atomic E-state index is 5.65. The van der Waals surface area contributed by atoms with Crippen LogP contribution < -0.4 is 10.6 Å². The number of nitrogens with zero attached hydrogens (tertiary/aromatic N) is 2. The van der Waals surface area contributed by atoms with Crippen LogP contribution >= 0.6 is 24.0 Å². The van der Waals surface area contributed by atoms with Gasteiger partial charge in [-0.2, -0.15) is 11.8 Å². The van der Waals surface area contributed by atoms with E-state index in [1.165, 1.54) is 0 Å². The third-order valence-electron chi connectivity index (χ3n) is 2.78. The van der Waals surface area contributed by atoms with Crippen LogP contribution in [0.25, 0.3) is 0 Å². The first kappa shape index (κ1) is 12.6. The number of rotatable bonds is 2. The van der Waals surface area contributed by atoms with Crippen molar-refractivity contribution in [1.82, 2.24) is 4.98 Å². The molecule has 1 aliphatic heterocycles. The zero-order chi connectivity index (χ0) is 12.5. The molecule has 1 fully saturated rings. The number of pyridine rings is 1. The molecule has 0 aromatic carbocycles. The van der Waals surface area contributed by atoms with Gasteiger partial charge in [0.25, 0.3) is 0 Å². The number of nitrogens with two attached hydrogens (primary N) is 1. The van der Waals surface area contributed by atoms with Crippen molar-refractivity contribution >= 4 is 34.8 Å². The second-order valence-corrected chi connectivity index (χ2v) is 7.04. The van der Waals surface area contributed by atoms with Gasteiger partial charge in [-0.3, -0.25) is 0 Å². The minimum absolute atomic E-state index is 0.277. The van der Waals surface area contributed by atoms with Gasteiger partial charge in [0.15, 0.2) is 0 Å². The molecule has 17 heavy (non-hydrogen) atoms. The first-order valence-electron chi connectivity index (χ1n) is 5.63. The van der Waals surface area contributed by atoms with E-state index in [1.54, 1.807) is 6.20 Å². The summed E-state index contributed by atoms with van der Waals surface area (Å²) in [6, 6.07) is 3.84. The molecule has 1 aromatic heterocycles. The largest absolute Gasteiger partial charge is 0.389 e. The van der Waals surface area contributed by atoms with E-state index in [4.69, 9.17) is 18.0 Å². The van der Waals surface area contributed by atoms with Crippen molar-refractivity contribution < 1.29 is 0 Å². The number of thiocarbonyl (C=S) groups is 1. The number of thioether (sulfide) groups is 1. The second-order valence-electron chi connectivity index (χ2n) is 4.80. The maximum atomic E-state index is 5.65. The molecule has 0 atom stereocenters. The molecular formula is C12H17N3S2. The van der Waals surface area contributed by atoms with Crippen LogP contribution in [0.4, 0.5) is 5.82 Å². The summed E-state index contributed by atoms with van der Waals surface area (Å²) < 4.78 is 0.277. The Balaban J connectivity index is 2.22. The highest BCUT2D eigenvalue weighted by atomic mass is 32.2. The molecule has 2 N–H and O–H groups in total. The fourth-order valence-corrected chi connectivity index (χ4v) is 3.19. The highest BCUT2D eigenvalue weighted by Crippen LogP contribution is 2.31. The molecule has 0 spiro atoms. The van der Waals surface area contributed by atoms with Gasteiger partial charge in [-0.25, -0.2) is 4.98 Å². The van der Waals surface area contributed by atoms with Crippen LogP contribution in [0.5, 0.6) is 0 Å². The molecule has 0 saturated carbocycles. The summed E-state index contributed by atoms with van der Waals surface area (Å²) in [7, 11) is 0. The molecule has 2 heterocycles. The van der Waals surface area contributed by atoms with Gasteiger partial charge in [0, 0.05) is 35.3 Å². The molecule has 2 rings (SSSR count). The van der Waals surface area contributed by atoms with E-state index >= 15 is 0 Å². The van der Waals surface area contributed by atoms with Crippen molar-refractivity contribution in [3.63, 3.8) is 0 Å². The molecule has 0 radical (unpaired) electrons. The van der Waals surface area contributed by atoms with Crippen LogP contribution in [0.3, 0.4) is 0 Å². The highest BCUT2D eigenvalue weighted by molar-refractivity contribution is 8.00. The smallest absolute Gasteiger partial charge is 0.129 e. The summed E-state index contributed by atoms with van der Waals surface area (Å²) in [6.45, 7) is 6.57. The minimum atomic E-state index is 0.277. The Kier molecular flexibility index (Phi) is 3.58. The monoisotopic (exact) mass is 267 g/mol. The standard InChI is InChI=1S/C12H17N3S2/c1-12(2)8-15(5-6-17-12)10-7-9(11(13)16)3-4-14-10/h3-4,7H,5-6,8H2,1-2H3,(H2,13,16). The average molecular weight is 267 g/mol. The zero-order valence-corrected chi connectivity index (χ0v) is 11.8. The molecule has 1 aromatic rings. The number of hydrogen-bond donors (Lipinski definition) is 1. The number of hydrogen-bond acceptors (Lipinski definition) is 4. The molecule has 0 unspecified atom stereocenters. The summed E-state index contributed by atoms with van der Waals surface area (Å²) in [5, 5.41) is 0. The van der Waals surface area contributed by atoms with E-state index in [2.05, 4.69) is 23.7 Å². The van der Waals surface area contributed by atoms with E-state index in [0.29, 0.717) is 4.99 Å². The maximum Gasteiger partial charge on any atom is 0.129 e. The quantitative estimate of drug-likeness (QED) is 0.831. The summed E-state index contributed by atoms with van der Waals surface area (Å²) in [4.78, 5) is 7.15. The Labute approximate surface area is 112 Å². The average Bonchev–Trinajstić information content (AvgIpc) is 2.28.